The van der Waals surface area contributed by atoms with E-state index in [1.807, 2.05) is 0 Å². The minimum absolute atomic E-state index is 0.104. The van der Waals surface area contributed by atoms with Gasteiger partial charge in [0.2, 0.25) is 5.54 Å². The van der Waals surface area contributed by atoms with Crippen LogP contribution in [0.25, 0.3) is 0 Å². The minimum atomic E-state index is -5.86. The lowest BCUT2D eigenvalue weighted by molar-refractivity contribution is -0.236. The third-order valence-electron chi connectivity index (χ3n) is 6.32. The van der Waals surface area contributed by atoms with E-state index < -0.39 is 89.3 Å². The number of hydrogen-bond donors (Lipinski definition) is 1. The highest BCUT2D eigenvalue weighted by Gasteiger charge is 2.87. The van der Waals surface area contributed by atoms with Crippen LogP contribution in [-0.2, 0) is 34.0 Å². The summed E-state index contributed by atoms with van der Waals surface area (Å²) in [5, 5.41) is 1.49. The highest BCUT2D eigenvalue weighted by Crippen LogP contribution is 2.63. The van der Waals surface area contributed by atoms with Crippen LogP contribution >= 0.6 is 0 Å². The van der Waals surface area contributed by atoms with Gasteiger partial charge in [-0.15, -0.1) is 0 Å². The Morgan fingerprint density at radius 3 is 1.87 bits per heavy atom. The predicted octanol–water partition coefficient (Wildman–Crippen LogP) is 3.78. The van der Waals surface area contributed by atoms with Crippen LogP contribution in [0.2, 0.25) is 0 Å². The summed E-state index contributed by atoms with van der Waals surface area (Å²) in [7, 11) is 0. The Morgan fingerprint density at radius 2 is 1.44 bits per heavy atom. The number of ether oxygens (including phenoxy) is 3. The van der Waals surface area contributed by atoms with Crippen molar-refractivity contribution in [2.24, 2.45) is 5.92 Å². The van der Waals surface area contributed by atoms with Gasteiger partial charge in [0.05, 0.1) is 18.9 Å². The molecule has 0 aromatic heterocycles. The van der Waals surface area contributed by atoms with Gasteiger partial charge in [-0.1, -0.05) is 18.2 Å². The van der Waals surface area contributed by atoms with E-state index in [9.17, 15) is 45.5 Å². The van der Waals surface area contributed by atoms with Crippen molar-refractivity contribution in [1.29, 1.82) is 0 Å². The highest BCUT2D eigenvalue weighted by molar-refractivity contribution is 6.27. The number of carbonyl (C=O) groups excluding carboxylic acids is 4. The number of nitrogens with one attached hydrogen (secondary N) is 1. The van der Waals surface area contributed by atoms with Gasteiger partial charge < -0.3 is 14.2 Å². The molecule has 2 aliphatic heterocycles. The molecule has 1 aromatic rings. The smallest absolute Gasteiger partial charge is 0.421 e. The number of amides is 2. The summed E-state index contributed by atoms with van der Waals surface area (Å²) in [6.07, 6.45) is -13.1. The number of rotatable bonds is 4. The van der Waals surface area contributed by atoms with Gasteiger partial charge in [-0.3, -0.25) is 10.1 Å². The van der Waals surface area contributed by atoms with Gasteiger partial charge in [-0.05, 0) is 46.2 Å². The van der Waals surface area contributed by atoms with E-state index >= 15 is 0 Å². The number of carbonyl (C=O) groups is 4. The van der Waals surface area contributed by atoms with Crippen LogP contribution in [0, 0.1) is 5.92 Å². The Bertz CT molecular complexity index is 1160. The molecule has 1 spiro atoms. The average molecular weight is 568 g/mol. The number of nitrogens with zero attached hydrogens (tertiary/aromatic N) is 1. The number of imide groups is 1. The normalized spacial score (nSPS) is 24.5. The number of anilines is 1. The van der Waals surface area contributed by atoms with Crippen molar-refractivity contribution >= 4 is 29.6 Å². The number of fused-ring (bicyclic) bond motifs is 2. The molecule has 2 aliphatic rings. The Labute approximate surface area is 218 Å². The molecular formula is C24H26F6N2O7. The van der Waals surface area contributed by atoms with E-state index in [0.717, 1.165) is 18.2 Å². The monoisotopic (exact) mass is 568 g/mol. The fourth-order valence-electron chi connectivity index (χ4n) is 5.18. The minimum Gasteiger partial charge on any atom is -0.464 e. The first-order chi connectivity index (χ1) is 17.8. The summed E-state index contributed by atoms with van der Waals surface area (Å²) in [6.45, 7) is 5.35. The summed E-state index contributed by atoms with van der Waals surface area (Å²) in [4.78, 5) is 54.3. The zero-order valence-corrected chi connectivity index (χ0v) is 21.5. The maximum Gasteiger partial charge on any atom is 0.421 e. The van der Waals surface area contributed by atoms with Crippen LogP contribution in [-0.4, -0.2) is 66.7 Å². The molecule has 0 saturated carbocycles. The molecule has 3 rings (SSSR count). The molecule has 3 atom stereocenters. The molecular weight excluding hydrogens is 542 g/mol. The zero-order valence-electron chi connectivity index (χ0n) is 21.5. The van der Waals surface area contributed by atoms with Gasteiger partial charge in [0.25, 0.3) is 5.91 Å². The Kier molecular flexibility index (Phi) is 7.49. The quantitative estimate of drug-likeness (QED) is 0.253. The third kappa shape index (κ3) is 4.49. The Hall–Kier alpha value is -3.36. The molecule has 1 N–H and O–H groups in total. The van der Waals surface area contributed by atoms with Crippen LogP contribution < -0.4 is 10.2 Å². The van der Waals surface area contributed by atoms with E-state index in [1.165, 1.54) is 46.0 Å². The van der Waals surface area contributed by atoms with Crippen molar-refractivity contribution in [2.75, 3.05) is 18.1 Å². The first-order valence-corrected chi connectivity index (χ1v) is 11.7. The zero-order chi connectivity index (χ0) is 29.8. The summed E-state index contributed by atoms with van der Waals surface area (Å²) in [5.41, 5.74) is -10.2. The number of halogens is 6. The lowest BCUT2D eigenvalue weighted by Gasteiger charge is -2.41. The molecule has 39 heavy (non-hydrogen) atoms. The van der Waals surface area contributed by atoms with E-state index in [2.05, 4.69) is 0 Å². The molecule has 0 radical (unpaired) electrons. The topological polar surface area (TPSA) is 111 Å². The fraction of sp³-hybridized carbons (Fsp3) is 0.583. The molecule has 1 saturated heterocycles. The molecule has 1 fully saturated rings. The van der Waals surface area contributed by atoms with Crippen molar-refractivity contribution in [3.05, 3.63) is 29.8 Å². The first-order valence-electron chi connectivity index (χ1n) is 11.7. The molecule has 216 valence electrons. The van der Waals surface area contributed by atoms with Crippen molar-refractivity contribution in [3.8, 4) is 0 Å². The number of alkyl halides is 6. The number of hydrogen-bond acceptors (Lipinski definition) is 8. The molecule has 0 aliphatic carbocycles. The maximum absolute atomic E-state index is 14.8. The van der Waals surface area contributed by atoms with Crippen LogP contribution in [0.15, 0.2) is 24.3 Å². The standard InChI is InChI=1S/C24H26F6N2O7/c1-6-37-17(34)22(18(35)38-7-2)21(14(23(25,26)27)15(31-22)24(28,29)30)12-10-8-9-11-13(12)32(16(21)33)19(36)39-20(3,4)5/h8-11,14-15,31H,6-7H2,1-5H3/t14-,15+,21-/m0/s1. The van der Waals surface area contributed by atoms with Gasteiger partial charge in [-0.25, -0.2) is 19.3 Å². The molecule has 9 nitrogen and oxygen atoms in total. The van der Waals surface area contributed by atoms with Crippen LogP contribution in [0.1, 0.15) is 40.2 Å². The van der Waals surface area contributed by atoms with Crippen molar-refractivity contribution in [3.63, 3.8) is 0 Å². The molecule has 1 aromatic carbocycles. The second-order valence-corrected chi connectivity index (χ2v) is 9.82. The van der Waals surface area contributed by atoms with Gasteiger partial charge in [0.1, 0.15) is 23.0 Å². The van der Waals surface area contributed by atoms with E-state index in [-0.39, 0.29) is 4.90 Å². The maximum atomic E-state index is 14.8. The first kappa shape index (κ1) is 30.2. The molecule has 2 amide bonds. The fourth-order valence-corrected chi connectivity index (χ4v) is 5.18. The van der Waals surface area contributed by atoms with Crippen LogP contribution in [0.5, 0.6) is 0 Å². The Morgan fingerprint density at radius 1 is 0.923 bits per heavy atom. The van der Waals surface area contributed by atoms with Crippen molar-refractivity contribution in [2.45, 2.75) is 69.6 Å². The Balaban J connectivity index is 2.55. The summed E-state index contributed by atoms with van der Waals surface area (Å²) in [5.74, 6) is -9.56. The predicted molar refractivity (Wildman–Crippen MR) is 120 cm³/mol. The van der Waals surface area contributed by atoms with Crippen LogP contribution in [0.3, 0.4) is 0 Å². The largest absolute Gasteiger partial charge is 0.464 e. The van der Waals surface area contributed by atoms with Gasteiger partial charge in [0, 0.05) is 0 Å². The lowest BCUT2D eigenvalue weighted by atomic mass is 9.60. The highest BCUT2D eigenvalue weighted by atomic mass is 19.4. The summed E-state index contributed by atoms with van der Waals surface area (Å²) < 4.78 is 102. The SMILES string of the molecule is CCOC(=O)C1(C(=O)OCC)N[C@@H](C(F)(F)F)[C@H](C(F)(F)F)[C@@]12C(=O)N(C(=O)OC(C)(C)C)c1ccccc12. The van der Waals surface area contributed by atoms with Gasteiger partial charge in [0.15, 0.2) is 0 Å². The molecule has 0 bridgehead atoms. The van der Waals surface area contributed by atoms with Crippen LogP contribution in [0.4, 0.5) is 36.8 Å². The second-order valence-electron chi connectivity index (χ2n) is 9.82. The van der Waals surface area contributed by atoms with Gasteiger partial charge in [-0.2, -0.15) is 26.3 Å². The number of benzene rings is 1. The number of para-hydroxylation sites is 1. The summed E-state index contributed by atoms with van der Waals surface area (Å²) >= 11 is 0. The summed E-state index contributed by atoms with van der Waals surface area (Å²) in [6, 6.07) is 0.445. The number of esters is 2. The molecule has 2 heterocycles. The van der Waals surface area contributed by atoms with Crippen molar-refractivity contribution < 1.29 is 59.7 Å². The third-order valence-corrected chi connectivity index (χ3v) is 6.32. The second kappa shape index (κ2) is 9.68. The van der Waals surface area contributed by atoms with E-state index in [0.29, 0.717) is 0 Å². The lowest BCUT2D eigenvalue weighted by Crippen LogP contribution is -2.71. The molecule has 0 unspecified atom stereocenters. The van der Waals surface area contributed by atoms with Gasteiger partial charge >= 0.3 is 30.4 Å². The van der Waals surface area contributed by atoms with Crippen molar-refractivity contribution in [1.82, 2.24) is 5.32 Å². The average Bonchev–Trinajstić information content (AvgIpc) is 3.25. The molecule has 15 heteroatoms. The van der Waals surface area contributed by atoms with E-state index in [1.54, 1.807) is 0 Å². The van der Waals surface area contributed by atoms with E-state index in [4.69, 9.17) is 14.2 Å².